The molecule has 2 N–H and O–H groups in total. The van der Waals surface area contributed by atoms with Gasteiger partial charge in [-0.25, -0.2) is 17.6 Å². The van der Waals surface area contributed by atoms with Gasteiger partial charge in [0, 0.05) is 30.1 Å². The van der Waals surface area contributed by atoms with E-state index < -0.39 is 63.4 Å². The number of H-pyrrole nitrogens is 1. The molecule has 1 heterocycles. The largest absolute Gasteiger partial charge is 0.401 e. The molecule has 4 nitrogen and oxygen atoms in total. The molecule has 0 amide bonds. The van der Waals surface area contributed by atoms with Gasteiger partial charge >= 0.3 is 0 Å². The Morgan fingerprint density at radius 2 is 1.02 bits per heavy atom. The fourth-order valence-electron chi connectivity index (χ4n) is 8.76. The van der Waals surface area contributed by atoms with Crippen molar-refractivity contribution in [3.05, 3.63) is 164 Å². The zero-order chi connectivity index (χ0) is 42.7. The van der Waals surface area contributed by atoms with E-state index in [1.807, 2.05) is 193 Å². The molecule has 311 valence electrons. The lowest BCUT2D eigenvalue weighted by atomic mass is 9.97. The van der Waals surface area contributed by atoms with E-state index in [2.05, 4.69) is 17.2 Å². The molecule has 1 radical (unpaired) electrons. The quantitative estimate of drug-likeness (QED) is 0.0755. The van der Waals surface area contributed by atoms with Crippen molar-refractivity contribution in [1.29, 1.82) is 0 Å². The van der Waals surface area contributed by atoms with Crippen molar-refractivity contribution in [2.24, 2.45) is 0 Å². The van der Waals surface area contributed by atoms with Crippen LogP contribution in [0.15, 0.2) is 152 Å². The number of aromatic nitrogens is 1. The predicted octanol–water partition coefficient (Wildman–Crippen LogP) is 9.68. The van der Waals surface area contributed by atoms with Crippen molar-refractivity contribution >= 4 is 48.3 Å². The fourth-order valence-corrected chi connectivity index (χ4v) is 18.0. The highest BCUT2D eigenvalue weighted by Crippen LogP contribution is 2.43. The Bertz CT molecular complexity index is 2160. The molecule has 10 heteroatoms. The first-order chi connectivity index (χ1) is 27.8. The second-order valence-electron chi connectivity index (χ2n) is 17.8. The summed E-state index contributed by atoms with van der Waals surface area (Å²) in [4.78, 5) is 3.25. The number of nitrogens with one attached hydrogen (secondary N) is 2. The Kier molecular flexibility index (Phi) is 13.0. The second kappa shape index (κ2) is 17.3. The maximum atomic E-state index is 18.0. The highest BCUT2D eigenvalue weighted by Gasteiger charge is 2.61. The van der Waals surface area contributed by atoms with Gasteiger partial charge in [-0.15, -0.1) is 0 Å². The summed E-state index contributed by atoms with van der Waals surface area (Å²) >= 11 is 0. The minimum absolute atomic E-state index is 0.279. The third-order valence-electron chi connectivity index (χ3n) is 11.5. The first-order valence-corrected chi connectivity index (χ1v) is 24.1. The molecule has 3 atom stereocenters. The number of alkyl halides is 4. The van der Waals surface area contributed by atoms with Crippen LogP contribution < -0.4 is 26.1 Å². The summed E-state index contributed by atoms with van der Waals surface area (Å²) in [5.41, 5.74) is 1.77. The van der Waals surface area contributed by atoms with Crippen LogP contribution in [0.25, 0.3) is 10.9 Å². The van der Waals surface area contributed by atoms with Crippen molar-refractivity contribution < 1.29 is 26.4 Å². The van der Waals surface area contributed by atoms with Crippen molar-refractivity contribution in [2.75, 3.05) is 6.61 Å². The molecule has 5 aromatic carbocycles. The van der Waals surface area contributed by atoms with Gasteiger partial charge in [-0.2, -0.15) is 0 Å². The average Bonchev–Trinajstić information content (AvgIpc) is 3.60. The SMILES string of the molecule is [CH2]C(F)(F)[C@H](O[Si](c1ccccc1)(c1ccccc1)C(C)(C)C)C(NC(C)Cc1c[nH]c2ccccc12)C(F)(F)CO[Si](c1ccccc1)(c1ccccc1)C(C)(C)C. The molecule has 0 bridgehead atoms. The van der Waals surface area contributed by atoms with E-state index in [4.69, 9.17) is 8.85 Å². The lowest BCUT2D eigenvalue weighted by Gasteiger charge is -2.49. The van der Waals surface area contributed by atoms with Crippen LogP contribution in [0.4, 0.5) is 17.6 Å². The van der Waals surface area contributed by atoms with Gasteiger partial charge in [-0.3, -0.25) is 0 Å². The number of halogens is 4. The van der Waals surface area contributed by atoms with Crippen LogP contribution in [0.3, 0.4) is 0 Å². The number of fused-ring (bicyclic) bond motifs is 1. The van der Waals surface area contributed by atoms with Gasteiger partial charge in [-0.1, -0.05) is 181 Å². The highest BCUT2D eigenvalue weighted by molar-refractivity contribution is 7.00. The zero-order valence-electron chi connectivity index (χ0n) is 35.1. The third kappa shape index (κ3) is 9.07. The number of rotatable bonds is 16. The standard InChI is InChI=1S/C49H57F4N2O2Si2/c1-36(33-37-34-54-43-32-22-21-31-42(37)43)55-44(49(52,53)35-56-58(46(2,3)4,38-23-13-9-14-24-38)39-25-15-10-16-26-39)45(48(8,50)51)57-59(47(5,6)7,40-27-17-11-18-28-40)41-29-19-12-20-30-41/h9-32,34,36,44-45,54-55H,8,33,35H2,1-7H3/t36?,44?,45-/m1/s1. The molecule has 0 aliphatic heterocycles. The van der Waals surface area contributed by atoms with E-state index in [9.17, 15) is 0 Å². The first kappa shape index (κ1) is 44.2. The summed E-state index contributed by atoms with van der Waals surface area (Å²) in [6.07, 6.45) is -0.271. The van der Waals surface area contributed by atoms with Crippen molar-refractivity contribution in [3.8, 4) is 0 Å². The summed E-state index contributed by atoms with van der Waals surface area (Å²) in [7, 11) is -7.38. The van der Waals surface area contributed by atoms with Gasteiger partial charge in [0.1, 0.15) is 18.8 Å². The molecule has 0 saturated heterocycles. The average molecular weight is 838 g/mol. The van der Waals surface area contributed by atoms with E-state index >= 15 is 17.6 Å². The summed E-state index contributed by atoms with van der Waals surface area (Å²) in [5.74, 6) is -7.88. The molecule has 2 unspecified atom stereocenters. The number of aromatic amines is 1. The summed E-state index contributed by atoms with van der Waals surface area (Å²) in [6, 6.07) is 42.1. The lowest BCUT2D eigenvalue weighted by molar-refractivity contribution is -0.155. The molecule has 59 heavy (non-hydrogen) atoms. The zero-order valence-corrected chi connectivity index (χ0v) is 37.1. The Morgan fingerprint density at radius 3 is 1.44 bits per heavy atom. The molecule has 0 aliphatic rings. The molecule has 6 aromatic rings. The van der Waals surface area contributed by atoms with E-state index in [1.165, 1.54) is 0 Å². The minimum atomic E-state index is -3.98. The normalized spacial score (nSPS) is 14.9. The minimum Gasteiger partial charge on any atom is -0.401 e. The predicted molar refractivity (Wildman–Crippen MR) is 240 cm³/mol. The second-order valence-corrected chi connectivity index (χ2v) is 26.3. The van der Waals surface area contributed by atoms with Gasteiger partial charge in [0.05, 0.1) is 0 Å². The molecule has 0 saturated carbocycles. The van der Waals surface area contributed by atoms with Gasteiger partial charge in [-0.05, 0) is 55.8 Å². The van der Waals surface area contributed by atoms with Crippen molar-refractivity contribution in [3.63, 3.8) is 0 Å². The van der Waals surface area contributed by atoms with Gasteiger partial charge in [0.15, 0.2) is 0 Å². The van der Waals surface area contributed by atoms with Crippen LogP contribution in [0.2, 0.25) is 10.1 Å². The molecule has 0 fully saturated rings. The molecule has 0 aliphatic carbocycles. The molecular formula is C49H57F4N2O2Si2. The van der Waals surface area contributed by atoms with Crippen molar-refractivity contribution in [2.45, 2.75) is 95.0 Å². The van der Waals surface area contributed by atoms with E-state index in [0.29, 0.717) is 10.4 Å². The first-order valence-electron chi connectivity index (χ1n) is 20.3. The van der Waals surface area contributed by atoms with Crippen LogP contribution in [0.5, 0.6) is 0 Å². The number of benzene rings is 5. The Hall–Kier alpha value is -4.33. The van der Waals surface area contributed by atoms with Crippen LogP contribution in [-0.2, 0) is 15.3 Å². The maximum Gasteiger partial charge on any atom is 0.287 e. The molecular weight excluding hydrogens is 781 g/mol. The number of para-hydroxylation sites is 1. The summed E-state index contributed by atoms with van der Waals surface area (Å²) in [5, 5.41) is 5.52. The van der Waals surface area contributed by atoms with Crippen LogP contribution in [0.1, 0.15) is 54.0 Å². The summed E-state index contributed by atoms with van der Waals surface area (Å²) in [6.45, 7) is 15.7. The van der Waals surface area contributed by atoms with E-state index in [-0.39, 0.29) is 6.42 Å². The Balaban J connectivity index is 1.51. The monoisotopic (exact) mass is 837 g/mol. The summed E-state index contributed by atoms with van der Waals surface area (Å²) < 4.78 is 83.2. The smallest absolute Gasteiger partial charge is 0.287 e. The van der Waals surface area contributed by atoms with Crippen LogP contribution in [-0.4, -0.2) is 58.3 Å². The van der Waals surface area contributed by atoms with Gasteiger partial charge in [0.2, 0.25) is 0 Å². The van der Waals surface area contributed by atoms with E-state index in [0.717, 1.165) is 26.8 Å². The Morgan fingerprint density at radius 1 is 0.610 bits per heavy atom. The molecule has 1 aromatic heterocycles. The van der Waals surface area contributed by atoms with Crippen molar-refractivity contribution in [1.82, 2.24) is 10.3 Å². The van der Waals surface area contributed by atoms with Crippen LogP contribution in [0, 0.1) is 6.92 Å². The molecule has 0 spiro atoms. The Labute approximate surface area is 349 Å². The third-order valence-corrected chi connectivity index (χ3v) is 21.5. The van der Waals surface area contributed by atoms with Crippen LogP contribution >= 0.6 is 0 Å². The van der Waals surface area contributed by atoms with Gasteiger partial charge in [0.25, 0.3) is 28.5 Å². The fraction of sp³-hybridized carbons (Fsp3) is 0.327. The number of hydrogen-bond donors (Lipinski definition) is 2. The molecule has 6 rings (SSSR count). The number of hydrogen-bond acceptors (Lipinski definition) is 3. The highest BCUT2D eigenvalue weighted by atomic mass is 28.4. The van der Waals surface area contributed by atoms with Gasteiger partial charge < -0.3 is 19.2 Å². The van der Waals surface area contributed by atoms with E-state index in [1.54, 1.807) is 6.92 Å². The topological polar surface area (TPSA) is 46.3 Å². The lowest BCUT2D eigenvalue weighted by Crippen LogP contribution is -2.73. The maximum absolute atomic E-state index is 18.0.